The number of aromatic nitrogens is 1. The van der Waals surface area contributed by atoms with Crippen LogP contribution in [0, 0.1) is 0 Å². The van der Waals surface area contributed by atoms with Crippen LogP contribution in [-0.2, 0) is 9.84 Å². The van der Waals surface area contributed by atoms with Gasteiger partial charge in [-0.15, -0.1) is 0 Å². The van der Waals surface area contributed by atoms with Crippen LogP contribution in [0.4, 0.5) is 5.82 Å². The highest BCUT2D eigenvalue weighted by atomic mass is 35.5. The molecule has 0 aliphatic rings. The Morgan fingerprint density at radius 3 is 2.59 bits per heavy atom. The fourth-order valence-corrected chi connectivity index (χ4v) is 2.48. The molecule has 0 radical (unpaired) electrons. The number of hydrogen-bond donors (Lipinski definition) is 1. The monoisotopic (exact) mass is 272 g/mol. The van der Waals surface area contributed by atoms with Crippen molar-refractivity contribution in [1.82, 2.24) is 5.16 Å². The second kappa shape index (κ2) is 4.05. The zero-order chi connectivity index (χ0) is 12.6. The summed E-state index contributed by atoms with van der Waals surface area (Å²) in [5, 5.41) is 3.92. The van der Waals surface area contributed by atoms with E-state index in [0.717, 1.165) is 6.26 Å². The van der Waals surface area contributed by atoms with Crippen molar-refractivity contribution in [2.75, 3.05) is 12.0 Å². The van der Waals surface area contributed by atoms with Gasteiger partial charge in [0.15, 0.2) is 21.4 Å². The number of nitrogens with two attached hydrogens (primary N) is 1. The number of anilines is 1. The van der Waals surface area contributed by atoms with E-state index in [-0.39, 0.29) is 16.5 Å². The fourth-order valence-electron chi connectivity index (χ4n) is 1.43. The molecule has 0 bridgehead atoms. The zero-order valence-corrected chi connectivity index (χ0v) is 10.4. The standard InChI is InChI=1S/C10H9ClN2O3S/c1-17(14,15)9-3-2-6(11)4-7(9)8-5-10(12)13-16-8/h2-5H,1H3,(H2,12,13). The minimum atomic E-state index is -3.38. The molecule has 0 saturated heterocycles. The molecule has 0 atom stereocenters. The van der Waals surface area contributed by atoms with Crippen LogP contribution >= 0.6 is 11.6 Å². The number of rotatable bonds is 2. The van der Waals surface area contributed by atoms with Crippen molar-refractivity contribution in [3.63, 3.8) is 0 Å². The van der Waals surface area contributed by atoms with Crippen molar-refractivity contribution in [1.29, 1.82) is 0 Å². The molecule has 1 aromatic heterocycles. The van der Waals surface area contributed by atoms with Crippen LogP contribution < -0.4 is 5.73 Å². The lowest BCUT2D eigenvalue weighted by Gasteiger charge is -2.04. The Bertz CT molecular complexity index is 664. The van der Waals surface area contributed by atoms with Gasteiger partial charge < -0.3 is 10.3 Å². The molecule has 17 heavy (non-hydrogen) atoms. The highest BCUT2D eigenvalue weighted by molar-refractivity contribution is 7.90. The average Bonchev–Trinajstić information content (AvgIpc) is 2.62. The van der Waals surface area contributed by atoms with Crippen LogP contribution in [0.5, 0.6) is 0 Å². The minimum Gasteiger partial charge on any atom is -0.381 e. The molecule has 0 unspecified atom stereocenters. The van der Waals surface area contributed by atoms with Crippen LogP contribution in [-0.4, -0.2) is 19.8 Å². The summed E-state index contributed by atoms with van der Waals surface area (Å²) < 4.78 is 28.2. The van der Waals surface area contributed by atoms with E-state index in [1.165, 1.54) is 24.3 Å². The first-order valence-electron chi connectivity index (χ1n) is 4.60. The summed E-state index contributed by atoms with van der Waals surface area (Å²) in [7, 11) is -3.38. The van der Waals surface area contributed by atoms with Gasteiger partial charge >= 0.3 is 0 Å². The fraction of sp³-hybridized carbons (Fsp3) is 0.100. The average molecular weight is 273 g/mol. The Balaban J connectivity index is 2.71. The number of hydrogen-bond acceptors (Lipinski definition) is 5. The van der Waals surface area contributed by atoms with Crippen molar-refractivity contribution in [3.8, 4) is 11.3 Å². The summed E-state index contributed by atoms with van der Waals surface area (Å²) in [6.45, 7) is 0. The summed E-state index contributed by atoms with van der Waals surface area (Å²) >= 11 is 5.84. The number of benzene rings is 1. The Morgan fingerprint density at radius 1 is 1.35 bits per heavy atom. The Hall–Kier alpha value is -1.53. The molecular formula is C10H9ClN2O3S. The van der Waals surface area contributed by atoms with E-state index in [2.05, 4.69) is 5.16 Å². The molecule has 0 spiro atoms. The number of sulfone groups is 1. The number of nitrogen functional groups attached to an aromatic ring is 1. The lowest BCUT2D eigenvalue weighted by atomic mass is 10.2. The molecule has 0 amide bonds. The van der Waals surface area contributed by atoms with E-state index in [4.69, 9.17) is 21.9 Å². The van der Waals surface area contributed by atoms with E-state index in [1.807, 2.05) is 0 Å². The van der Waals surface area contributed by atoms with Gasteiger partial charge in [-0.05, 0) is 18.2 Å². The van der Waals surface area contributed by atoms with Gasteiger partial charge in [0, 0.05) is 22.9 Å². The van der Waals surface area contributed by atoms with Crippen LogP contribution in [0.15, 0.2) is 33.7 Å². The predicted octanol–water partition coefficient (Wildman–Crippen LogP) is 1.98. The van der Waals surface area contributed by atoms with Gasteiger partial charge in [0.25, 0.3) is 0 Å². The summed E-state index contributed by atoms with van der Waals surface area (Å²) in [5.74, 6) is 0.449. The smallest absolute Gasteiger partial charge is 0.176 e. The Labute approximate surface area is 103 Å². The predicted molar refractivity (Wildman–Crippen MR) is 64.5 cm³/mol. The third-order valence-electron chi connectivity index (χ3n) is 2.13. The summed E-state index contributed by atoms with van der Waals surface area (Å²) in [4.78, 5) is 0.123. The first-order chi connectivity index (χ1) is 7.88. The van der Waals surface area contributed by atoms with Gasteiger partial charge in [-0.2, -0.15) is 0 Å². The normalized spacial score (nSPS) is 11.6. The second-order valence-electron chi connectivity index (χ2n) is 3.53. The summed E-state index contributed by atoms with van der Waals surface area (Å²) in [6, 6.07) is 5.87. The topological polar surface area (TPSA) is 86.2 Å². The van der Waals surface area contributed by atoms with Crippen LogP contribution in [0.1, 0.15) is 0 Å². The van der Waals surface area contributed by atoms with Gasteiger partial charge in [-0.25, -0.2) is 8.42 Å². The molecule has 0 aliphatic carbocycles. The molecule has 2 N–H and O–H groups in total. The lowest BCUT2D eigenvalue weighted by molar-refractivity contribution is 0.435. The maximum atomic E-state index is 11.6. The Morgan fingerprint density at radius 2 is 2.06 bits per heavy atom. The first kappa shape index (κ1) is 11.9. The zero-order valence-electron chi connectivity index (χ0n) is 8.84. The van der Waals surface area contributed by atoms with Crippen LogP contribution in [0.25, 0.3) is 11.3 Å². The van der Waals surface area contributed by atoms with E-state index < -0.39 is 9.84 Å². The van der Waals surface area contributed by atoms with E-state index in [1.54, 1.807) is 0 Å². The van der Waals surface area contributed by atoms with Crippen molar-refractivity contribution in [3.05, 3.63) is 29.3 Å². The molecule has 90 valence electrons. The molecule has 2 aromatic rings. The minimum absolute atomic E-state index is 0.123. The van der Waals surface area contributed by atoms with Gasteiger partial charge in [0.05, 0.1) is 4.90 Å². The number of halogens is 1. The highest BCUT2D eigenvalue weighted by Gasteiger charge is 2.18. The SMILES string of the molecule is CS(=O)(=O)c1ccc(Cl)cc1-c1cc(N)no1. The van der Waals surface area contributed by atoms with Gasteiger partial charge in [0.1, 0.15) is 0 Å². The molecule has 2 rings (SSSR count). The van der Waals surface area contributed by atoms with Crippen molar-refractivity contribution < 1.29 is 12.9 Å². The summed E-state index contributed by atoms with van der Waals surface area (Å²) in [5.41, 5.74) is 5.78. The van der Waals surface area contributed by atoms with Gasteiger partial charge in [-0.3, -0.25) is 0 Å². The van der Waals surface area contributed by atoms with Crippen molar-refractivity contribution in [2.24, 2.45) is 0 Å². The maximum Gasteiger partial charge on any atom is 0.176 e. The van der Waals surface area contributed by atoms with E-state index in [9.17, 15) is 8.42 Å². The summed E-state index contributed by atoms with van der Waals surface area (Å²) in [6.07, 6.45) is 1.11. The number of nitrogens with zero attached hydrogens (tertiary/aromatic N) is 1. The molecule has 0 fully saturated rings. The third-order valence-corrected chi connectivity index (χ3v) is 3.52. The quantitative estimate of drug-likeness (QED) is 0.903. The lowest BCUT2D eigenvalue weighted by Crippen LogP contribution is -1.99. The first-order valence-corrected chi connectivity index (χ1v) is 6.87. The third kappa shape index (κ3) is 2.42. The molecule has 0 aliphatic heterocycles. The van der Waals surface area contributed by atoms with Gasteiger partial charge in [-0.1, -0.05) is 16.8 Å². The molecule has 1 aromatic carbocycles. The molecule has 1 heterocycles. The van der Waals surface area contributed by atoms with Crippen LogP contribution in [0.2, 0.25) is 5.02 Å². The molecule has 7 heteroatoms. The second-order valence-corrected chi connectivity index (χ2v) is 5.95. The largest absolute Gasteiger partial charge is 0.381 e. The Kier molecular flexibility index (Phi) is 2.84. The molecule has 5 nitrogen and oxygen atoms in total. The van der Waals surface area contributed by atoms with Gasteiger partial charge in [0.2, 0.25) is 0 Å². The molecule has 0 saturated carbocycles. The highest BCUT2D eigenvalue weighted by Crippen LogP contribution is 2.30. The van der Waals surface area contributed by atoms with E-state index in [0.29, 0.717) is 10.6 Å². The maximum absolute atomic E-state index is 11.6. The molecular weight excluding hydrogens is 264 g/mol. The van der Waals surface area contributed by atoms with E-state index >= 15 is 0 Å². The van der Waals surface area contributed by atoms with Crippen LogP contribution in [0.3, 0.4) is 0 Å². The van der Waals surface area contributed by atoms with Crippen molar-refractivity contribution in [2.45, 2.75) is 4.90 Å². The van der Waals surface area contributed by atoms with Crippen molar-refractivity contribution >= 4 is 27.3 Å².